The van der Waals surface area contributed by atoms with Gasteiger partial charge in [-0.3, -0.25) is 19.4 Å². The van der Waals surface area contributed by atoms with Crippen molar-refractivity contribution in [1.82, 2.24) is 19.8 Å². The van der Waals surface area contributed by atoms with Crippen molar-refractivity contribution in [3.05, 3.63) is 18.5 Å². The van der Waals surface area contributed by atoms with E-state index >= 15 is 0 Å². The fourth-order valence-electron chi connectivity index (χ4n) is 6.56. The monoisotopic (exact) mass is 411 g/mol. The summed E-state index contributed by atoms with van der Waals surface area (Å²) >= 11 is 0. The maximum atomic E-state index is 13.1. The van der Waals surface area contributed by atoms with Crippen molar-refractivity contribution in [2.75, 3.05) is 44.2 Å². The number of piperidine rings is 1. The molecule has 30 heavy (non-hydrogen) atoms. The third-order valence-corrected chi connectivity index (χ3v) is 8.11. The topological polar surface area (TPSA) is 69.6 Å². The second kappa shape index (κ2) is 8.25. The molecule has 2 unspecified atom stereocenters. The molecule has 0 radical (unpaired) electrons. The van der Waals surface area contributed by atoms with Crippen LogP contribution in [0, 0.1) is 17.3 Å². The highest BCUT2D eigenvalue weighted by Gasteiger charge is 2.61. The zero-order chi connectivity index (χ0) is 20.6. The van der Waals surface area contributed by atoms with E-state index in [1.165, 1.54) is 12.8 Å². The Bertz CT molecular complexity index is 745. The standard InChI is InChI=1S/C23H33N5O2/c29-20-18-6-7-19(23(18)8-1-2-9-23)21(30)28(20)13-4-3-12-26-14-16-27(17-15-26)22-24-10-5-11-25-22/h5,10-11,18-19H,1-4,6-9,12-17H2. The van der Waals surface area contributed by atoms with E-state index in [9.17, 15) is 9.59 Å². The summed E-state index contributed by atoms with van der Waals surface area (Å²) in [6, 6.07) is 1.84. The van der Waals surface area contributed by atoms with Crippen molar-refractivity contribution in [1.29, 1.82) is 0 Å². The van der Waals surface area contributed by atoms with Crippen LogP contribution in [0.15, 0.2) is 18.5 Å². The number of hydrogen-bond acceptors (Lipinski definition) is 6. The van der Waals surface area contributed by atoms with Gasteiger partial charge >= 0.3 is 0 Å². The van der Waals surface area contributed by atoms with E-state index in [0.717, 1.165) is 77.2 Å². The minimum atomic E-state index is 0.0345. The zero-order valence-electron chi connectivity index (χ0n) is 17.8. The van der Waals surface area contributed by atoms with E-state index in [1.54, 1.807) is 17.3 Å². The normalized spacial score (nSPS) is 28.7. The van der Waals surface area contributed by atoms with E-state index in [-0.39, 0.29) is 29.1 Å². The molecule has 2 saturated heterocycles. The van der Waals surface area contributed by atoms with E-state index in [2.05, 4.69) is 19.8 Å². The second-order valence-corrected chi connectivity index (χ2v) is 9.54. The van der Waals surface area contributed by atoms with Crippen LogP contribution in [0.5, 0.6) is 0 Å². The van der Waals surface area contributed by atoms with Gasteiger partial charge in [-0.15, -0.1) is 0 Å². The lowest BCUT2D eigenvalue weighted by Gasteiger charge is -2.43. The largest absolute Gasteiger partial charge is 0.338 e. The summed E-state index contributed by atoms with van der Waals surface area (Å²) in [4.78, 5) is 41.2. The highest BCUT2D eigenvalue weighted by atomic mass is 16.2. The van der Waals surface area contributed by atoms with Crippen molar-refractivity contribution in [3.8, 4) is 0 Å². The van der Waals surface area contributed by atoms with Crippen LogP contribution >= 0.6 is 0 Å². The fourth-order valence-corrected chi connectivity index (χ4v) is 6.56. The van der Waals surface area contributed by atoms with Gasteiger partial charge in [0, 0.05) is 57.0 Å². The third-order valence-electron chi connectivity index (χ3n) is 8.11. The number of amides is 2. The van der Waals surface area contributed by atoms with Crippen LogP contribution in [0.4, 0.5) is 5.95 Å². The van der Waals surface area contributed by atoms with Crippen molar-refractivity contribution < 1.29 is 9.59 Å². The first-order valence-electron chi connectivity index (χ1n) is 11.8. The Hall–Kier alpha value is -2.02. The Morgan fingerprint density at radius 2 is 1.47 bits per heavy atom. The zero-order valence-corrected chi connectivity index (χ0v) is 17.8. The van der Waals surface area contributed by atoms with Gasteiger partial charge in [-0.2, -0.15) is 0 Å². The lowest BCUT2D eigenvalue weighted by atomic mass is 9.67. The summed E-state index contributed by atoms with van der Waals surface area (Å²) in [7, 11) is 0. The molecule has 2 aliphatic carbocycles. The quantitative estimate of drug-likeness (QED) is 0.529. The highest BCUT2D eigenvalue weighted by Crippen LogP contribution is 2.60. The minimum Gasteiger partial charge on any atom is -0.338 e. The molecule has 1 aromatic heterocycles. The molecule has 7 nitrogen and oxygen atoms in total. The summed E-state index contributed by atoms with van der Waals surface area (Å²) in [5, 5.41) is 0. The number of likely N-dealkylation sites (tertiary alicyclic amines) is 1. The SMILES string of the molecule is O=C1C2CCC(C(=O)N1CCCCN1CCN(c3ncccn3)CC1)C21CCCC1. The molecule has 5 rings (SSSR count). The van der Waals surface area contributed by atoms with Crippen LogP contribution < -0.4 is 4.90 Å². The third kappa shape index (κ3) is 3.41. The summed E-state index contributed by atoms with van der Waals surface area (Å²) < 4.78 is 0. The Balaban J connectivity index is 1.07. The van der Waals surface area contributed by atoms with Crippen LogP contribution in [0.1, 0.15) is 51.4 Å². The molecule has 162 valence electrons. The van der Waals surface area contributed by atoms with Crippen LogP contribution in [0.2, 0.25) is 0 Å². The number of piperazine rings is 1. The van der Waals surface area contributed by atoms with Gasteiger partial charge < -0.3 is 4.90 Å². The summed E-state index contributed by atoms with van der Waals surface area (Å²) in [5.41, 5.74) is 0.0345. The average molecular weight is 412 g/mol. The van der Waals surface area contributed by atoms with Gasteiger partial charge in [0.2, 0.25) is 17.8 Å². The van der Waals surface area contributed by atoms with E-state index in [1.807, 2.05) is 6.07 Å². The Morgan fingerprint density at radius 3 is 2.10 bits per heavy atom. The van der Waals surface area contributed by atoms with Crippen molar-refractivity contribution in [2.24, 2.45) is 17.3 Å². The molecule has 2 atom stereocenters. The minimum absolute atomic E-state index is 0.0345. The van der Waals surface area contributed by atoms with E-state index in [4.69, 9.17) is 0 Å². The van der Waals surface area contributed by atoms with Crippen molar-refractivity contribution >= 4 is 17.8 Å². The first-order chi connectivity index (χ1) is 14.7. The molecular weight excluding hydrogens is 378 g/mol. The molecule has 2 aliphatic heterocycles. The predicted octanol–water partition coefficient (Wildman–Crippen LogP) is 2.33. The van der Waals surface area contributed by atoms with E-state index < -0.39 is 0 Å². The number of anilines is 1. The van der Waals surface area contributed by atoms with Gasteiger partial charge in [-0.1, -0.05) is 12.8 Å². The van der Waals surface area contributed by atoms with Gasteiger partial charge in [0.1, 0.15) is 0 Å². The average Bonchev–Trinajstić information content (AvgIpc) is 3.38. The second-order valence-electron chi connectivity index (χ2n) is 9.54. The number of rotatable bonds is 6. The first-order valence-corrected chi connectivity index (χ1v) is 11.8. The van der Waals surface area contributed by atoms with Crippen molar-refractivity contribution in [2.45, 2.75) is 51.4 Å². The Kier molecular flexibility index (Phi) is 5.48. The van der Waals surface area contributed by atoms with Crippen LogP contribution in [-0.4, -0.2) is 70.9 Å². The molecule has 4 aliphatic rings. The highest BCUT2D eigenvalue weighted by molar-refractivity contribution is 6.02. The number of imide groups is 1. The molecular formula is C23H33N5O2. The van der Waals surface area contributed by atoms with Gasteiger partial charge in [0.25, 0.3) is 0 Å². The molecule has 0 aromatic carbocycles. The molecule has 7 heteroatoms. The lowest BCUT2D eigenvalue weighted by molar-refractivity contribution is -0.161. The summed E-state index contributed by atoms with van der Waals surface area (Å²) in [6.07, 6.45) is 11.9. The molecule has 3 heterocycles. The number of hydrogen-bond donors (Lipinski definition) is 0. The van der Waals surface area contributed by atoms with Crippen LogP contribution in [0.25, 0.3) is 0 Å². The maximum Gasteiger partial charge on any atom is 0.232 e. The molecule has 2 bridgehead atoms. The molecule has 2 amide bonds. The first kappa shape index (κ1) is 19.9. The summed E-state index contributed by atoms with van der Waals surface area (Å²) in [6.45, 7) is 5.53. The van der Waals surface area contributed by atoms with Crippen LogP contribution in [-0.2, 0) is 9.59 Å². The lowest BCUT2D eigenvalue weighted by Crippen LogP contribution is -2.55. The Labute approximate surface area is 178 Å². The van der Waals surface area contributed by atoms with E-state index in [0.29, 0.717) is 6.54 Å². The molecule has 1 spiro atoms. The van der Waals surface area contributed by atoms with Gasteiger partial charge in [0.05, 0.1) is 0 Å². The fraction of sp³-hybridized carbons (Fsp3) is 0.739. The van der Waals surface area contributed by atoms with Gasteiger partial charge in [0.15, 0.2) is 0 Å². The number of carbonyl (C=O) groups is 2. The number of carbonyl (C=O) groups excluding carboxylic acids is 2. The number of aromatic nitrogens is 2. The van der Waals surface area contributed by atoms with Gasteiger partial charge in [-0.25, -0.2) is 9.97 Å². The maximum absolute atomic E-state index is 13.1. The predicted molar refractivity (Wildman–Crippen MR) is 114 cm³/mol. The number of nitrogens with zero attached hydrogens (tertiary/aromatic N) is 5. The Morgan fingerprint density at radius 1 is 0.867 bits per heavy atom. The smallest absolute Gasteiger partial charge is 0.232 e. The molecule has 2 saturated carbocycles. The van der Waals surface area contributed by atoms with Gasteiger partial charge in [-0.05, 0) is 56.6 Å². The molecule has 4 fully saturated rings. The molecule has 0 N–H and O–H groups in total. The number of unbranched alkanes of at least 4 members (excludes halogenated alkanes) is 1. The van der Waals surface area contributed by atoms with Crippen molar-refractivity contribution in [3.63, 3.8) is 0 Å². The summed E-state index contributed by atoms with van der Waals surface area (Å²) in [5.74, 6) is 1.35. The molecule has 1 aromatic rings. The van der Waals surface area contributed by atoms with Crippen LogP contribution in [0.3, 0.4) is 0 Å².